The zero-order chi connectivity index (χ0) is 12.3. The molecule has 0 aromatic carbocycles. The molecule has 1 atom stereocenters. The number of likely N-dealkylation sites (tertiary alicyclic amines) is 1. The summed E-state index contributed by atoms with van der Waals surface area (Å²) in [5.41, 5.74) is 0. The van der Waals surface area contributed by atoms with Gasteiger partial charge in [0, 0.05) is 55.4 Å². The maximum atomic E-state index is 11.1. The van der Waals surface area contributed by atoms with Crippen molar-refractivity contribution < 1.29 is 17.3 Å². The van der Waals surface area contributed by atoms with Crippen LogP contribution in [0.1, 0.15) is 25.7 Å². The molecular weight excluding hydrogens is 265 g/mol. The molecule has 101 valence electrons. The summed E-state index contributed by atoms with van der Waals surface area (Å²) in [6, 6.07) is 0.537. The van der Waals surface area contributed by atoms with Crippen LogP contribution in [0, 0.1) is 0 Å². The largest absolute Gasteiger partial charge is 0.381 e. The minimum Gasteiger partial charge on any atom is -0.381 e. The number of ether oxygens (including phenoxy) is 1. The van der Waals surface area contributed by atoms with Gasteiger partial charge in [0.25, 0.3) is 10.1 Å². The second-order valence-electron chi connectivity index (χ2n) is 4.90. The summed E-state index contributed by atoms with van der Waals surface area (Å²) in [4.78, 5) is 2.36. The molecule has 2 aliphatic heterocycles. The van der Waals surface area contributed by atoms with Crippen LogP contribution in [0.5, 0.6) is 0 Å². The number of rotatable bonds is 3. The van der Waals surface area contributed by atoms with E-state index in [2.05, 4.69) is 4.90 Å². The van der Waals surface area contributed by atoms with Crippen molar-refractivity contribution >= 4 is 39.7 Å². The molecule has 7 heteroatoms. The van der Waals surface area contributed by atoms with Crippen molar-refractivity contribution in [1.29, 1.82) is 0 Å². The van der Waals surface area contributed by atoms with Gasteiger partial charge in [0.1, 0.15) is 0 Å². The van der Waals surface area contributed by atoms with E-state index in [4.69, 9.17) is 8.92 Å². The summed E-state index contributed by atoms with van der Waals surface area (Å²) >= 11 is 0. The molecule has 1 radical (unpaired) electrons. The Bertz CT molecular complexity index is 343. The Kier molecular flexibility index (Phi) is 7.10. The molecule has 0 aromatic rings. The van der Waals surface area contributed by atoms with E-state index < -0.39 is 10.1 Å². The van der Waals surface area contributed by atoms with Crippen molar-refractivity contribution in [2.24, 2.45) is 0 Å². The molecule has 0 spiro atoms. The molecule has 2 rings (SSSR count). The van der Waals surface area contributed by atoms with Crippen molar-refractivity contribution in [3.63, 3.8) is 0 Å². The van der Waals surface area contributed by atoms with Crippen LogP contribution in [0.25, 0.3) is 0 Å². The van der Waals surface area contributed by atoms with Gasteiger partial charge in [-0.15, -0.1) is 0 Å². The summed E-state index contributed by atoms with van der Waals surface area (Å²) in [5, 5.41) is 0. The van der Waals surface area contributed by atoms with Crippen LogP contribution >= 0.6 is 0 Å². The van der Waals surface area contributed by atoms with Gasteiger partial charge in [-0.2, -0.15) is 8.42 Å². The first-order valence-electron chi connectivity index (χ1n) is 6.24. The van der Waals surface area contributed by atoms with Gasteiger partial charge in [-0.3, -0.25) is 9.08 Å². The zero-order valence-corrected chi connectivity index (χ0v) is 14.1. The second-order valence-corrected chi connectivity index (χ2v) is 6.50. The molecule has 0 saturated carbocycles. The van der Waals surface area contributed by atoms with Crippen LogP contribution in [-0.2, 0) is 19.0 Å². The molecule has 0 aliphatic carbocycles. The first-order chi connectivity index (χ1) is 8.04. The van der Waals surface area contributed by atoms with Gasteiger partial charge in [0.2, 0.25) is 0 Å². The van der Waals surface area contributed by atoms with Crippen LogP contribution in [0.4, 0.5) is 0 Å². The van der Waals surface area contributed by atoms with Gasteiger partial charge in [-0.1, -0.05) is 0 Å². The molecule has 2 saturated heterocycles. The number of hydrogen-bond donors (Lipinski definition) is 0. The Hall–Kier alpha value is 0.830. The van der Waals surface area contributed by atoms with Crippen LogP contribution < -0.4 is 0 Å². The molecule has 2 aliphatic rings. The molecule has 0 N–H and O–H groups in total. The van der Waals surface area contributed by atoms with Gasteiger partial charge >= 0.3 is 0 Å². The van der Waals surface area contributed by atoms with E-state index in [-0.39, 0.29) is 35.7 Å². The third-order valence-corrected chi connectivity index (χ3v) is 4.05. The average molecular weight is 286 g/mol. The molecule has 2 heterocycles. The van der Waals surface area contributed by atoms with Crippen molar-refractivity contribution in [3.05, 3.63) is 0 Å². The third kappa shape index (κ3) is 5.45. The zero-order valence-electron chi connectivity index (χ0n) is 11.3. The van der Waals surface area contributed by atoms with E-state index in [0.717, 1.165) is 58.2 Å². The normalized spacial score (nSPS) is 27.7. The second kappa shape index (κ2) is 7.57. The van der Waals surface area contributed by atoms with Crippen molar-refractivity contribution in [1.82, 2.24) is 4.90 Å². The monoisotopic (exact) mass is 286 g/mol. The number of hydrogen-bond acceptors (Lipinski definition) is 5. The van der Waals surface area contributed by atoms with Crippen molar-refractivity contribution in [2.45, 2.75) is 37.8 Å². The fourth-order valence-electron chi connectivity index (χ4n) is 2.67. The van der Waals surface area contributed by atoms with Crippen molar-refractivity contribution in [2.75, 3.05) is 32.6 Å². The Morgan fingerprint density at radius 1 is 1.22 bits per heavy atom. The van der Waals surface area contributed by atoms with E-state index in [1.165, 1.54) is 0 Å². The molecule has 5 nitrogen and oxygen atoms in total. The van der Waals surface area contributed by atoms with Gasteiger partial charge in [0.05, 0.1) is 12.4 Å². The summed E-state index contributed by atoms with van der Waals surface area (Å²) in [7, 11) is -3.33. The number of nitrogens with zero attached hydrogens (tertiary/aromatic N) is 1. The molecule has 0 bridgehead atoms. The number of piperidine rings is 1. The van der Waals surface area contributed by atoms with Crippen LogP contribution in [0.2, 0.25) is 0 Å². The first-order valence-corrected chi connectivity index (χ1v) is 8.06. The Morgan fingerprint density at radius 2 is 1.89 bits per heavy atom. The molecule has 2 fully saturated rings. The van der Waals surface area contributed by atoms with Crippen LogP contribution in [0.3, 0.4) is 0 Å². The maximum absolute atomic E-state index is 11.1. The molecule has 1 unspecified atom stereocenters. The topological polar surface area (TPSA) is 55.8 Å². The van der Waals surface area contributed by atoms with Crippen LogP contribution in [-0.4, -0.2) is 87.6 Å². The quantitative estimate of drug-likeness (QED) is 0.549. The van der Waals surface area contributed by atoms with Crippen LogP contribution in [0.15, 0.2) is 0 Å². The van der Waals surface area contributed by atoms with E-state index in [9.17, 15) is 8.42 Å². The smallest absolute Gasteiger partial charge is 0.264 e. The summed E-state index contributed by atoms with van der Waals surface area (Å²) in [6.07, 6.45) is 4.91. The SMILES string of the molecule is CS(=O)(=O)OC1CCCN(C2CCOCC2)C1.[Na]. The molecule has 18 heavy (non-hydrogen) atoms. The Balaban J connectivity index is 0.00000162. The Labute approximate surface area is 132 Å². The standard InChI is InChI=1S/C11H21NO4S.Na/c1-17(13,14)16-11-3-2-6-12(9-11)10-4-7-15-8-5-10;/h10-11H,2-9H2,1H3;. The fourth-order valence-corrected chi connectivity index (χ4v) is 3.33. The van der Waals surface area contributed by atoms with E-state index >= 15 is 0 Å². The minimum atomic E-state index is -3.33. The van der Waals surface area contributed by atoms with Crippen molar-refractivity contribution in [3.8, 4) is 0 Å². The summed E-state index contributed by atoms with van der Waals surface area (Å²) < 4.78 is 32.7. The van der Waals surface area contributed by atoms with E-state index in [1.807, 2.05) is 0 Å². The van der Waals surface area contributed by atoms with Gasteiger partial charge in [-0.25, -0.2) is 0 Å². The van der Waals surface area contributed by atoms with E-state index in [0.29, 0.717) is 6.04 Å². The summed E-state index contributed by atoms with van der Waals surface area (Å²) in [6.45, 7) is 3.42. The van der Waals surface area contributed by atoms with Gasteiger partial charge in [-0.05, 0) is 32.2 Å². The van der Waals surface area contributed by atoms with Gasteiger partial charge < -0.3 is 4.74 Å². The third-order valence-electron chi connectivity index (χ3n) is 3.43. The predicted molar refractivity (Wildman–Crippen MR) is 70.1 cm³/mol. The minimum absolute atomic E-state index is 0. The van der Waals surface area contributed by atoms with E-state index in [1.54, 1.807) is 0 Å². The average Bonchev–Trinajstić information content (AvgIpc) is 2.28. The first kappa shape index (κ1) is 16.9. The summed E-state index contributed by atoms with van der Waals surface area (Å²) in [5.74, 6) is 0. The fraction of sp³-hybridized carbons (Fsp3) is 1.00. The molecule has 0 aromatic heterocycles. The predicted octanol–water partition coefficient (Wildman–Crippen LogP) is 0.225. The van der Waals surface area contributed by atoms with Gasteiger partial charge in [0.15, 0.2) is 0 Å². The maximum Gasteiger partial charge on any atom is 0.264 e. The Morgan fingerprint density at radius 3 is 2.50 bits per heavy atom. The molecular formula is C11H21NNaO4S. The molecule has 0 amide bonds.